The van der Waals surface area contributed by atoms with Gasteiger partial charge in [-0.1, -0.05) is 12.1 Å². The molecular formula is C13H14BrNOS. The Kier molecular flexibility index (Phi) is 4.59. The molecule has 1 N–H and O–H groups in total. The van der Waals surface area contributed by atoms with Gasteiger partial charge in [-0.25, -0.2) is 0 Å². The summed E-state index contributed by atoms with van der Waals surface area (Å²) in [4.78, 5) is 1.22. The van der Waals surface area contributed by atoms with E-state index in [4.69, 9.17) is 4.74 Å². The molecule has 0 atom stereocenters. The minimum absolute atomic E-state index is 0.624. The van der Waals surface area contributed by atoms with E-state index < -0.39 is 0 Å². The topological polar surface area (TPSA) is 21.3 Å². The summed E-state index contributed by atoms with van der Waals surface area (Å²) in [5.74, 6) is 0.919. The zero-order valence-electron chi connectivity index (χ0n) is 9.57. The van der Waals surface area contributed by atoms with Crippen LogP contribution in [0.1, 0.15) is 10.4 Å². The number of rotatable bonds is 5. The van der Waals surface area contributed by atoms with Crippen LogP contribution in [-0.4, -0.2) is 7.05 Å². The molecule has 0 spiro atoms. The Labute approximate surface area is 114 Å². The van der Waals surface area contributed by atoms with Crippen molar-refractivity contribution >= 4 is 27.3 Å². The summed E-state index contributed by atoms with van der Waals surface area (Å²) in [6.45, 7) is 1.49. The molecule has 0 saturated carbocycles. The van der Waals surface area contributed by atoms with Crippen molar-refractivity contribution in [1.82, 2.24) is 5.32 Å². The maximum Gasteiger partial charge on any atom is 0.122 e. The van der Waals surface area contributed by atoms with E-state index in [0.29, 0.717) is 6.61 Å². The summed E-state index contributed by atoms with van der Waals surface area (Å²) in [6, 6.07) is 10.3. The third-order valence-electron chi connectivity index (χ3n) is 2.28. The van der Waals surface area contributed by atoms with E-state index in [1.165, 1.54) is 10.4 Å². The van der Waals surface area contributed by atoms with Gasteiger partial charge in [0.25, 0.3) is 0 Å². The lowest BCUT2D eigenvalue weighted by atomic mass is 10.2. The molecule has 2 nitrogen and oxygen atoms in total. The maximum atomic E-state index is 5.75. The number of thiophene rings is 1. The Bertz CT molecular complexity index is 484. The van der Waals surface area contributed by atoms with E-state index in [1.807, 2.05) is 19.2 Å². The number of halogens is 1. The quantitative estimate of drug-likeness (QED) is 0.906. The Morgan fingerprint density at radius 3 is 2.94 bits per heavy atom. The molecule has 17 heavy (non-hydrogen) atoms. The summed E-state index contributed by atoms with van der Waals surface area (Å²) in [7, 11) is 1.94. The predicted molar refractivity (Wildman–Crippen MR) is 75.6 cm³/mol. The van der Waals surface area contributed by atoms with Gasteiger partial charge in [0.05, 0.1) is 0 Å². The number of ether oxygens (including phenoxy) is 1. The summed E-state index contributed by atoms with van der Waals surface area (Å²) in [5, 5.41) is 5.19. The van der Waals surface area contributed by atoms with Gasteiger partial charge in [0.2, 0.25) is 0 Å². The highest BCUT2D eigenvalue weighted by molar-refractivity contribution is 9.10. The molecule has 0 unspecified atom stereocenters. The molecule has 2 aromatic rings. The standard InChI is InChI=1S/C13H14BrNOS/c1-15-7-10-3-2-4-12(5-10)16-8-13-6-11(14)9-17-13/h2-6,9,15H,7-8H2,1H3. The van der Waals surface area contributed by atoms with Crippen LogP contribution < -0.4 is 10.1 Å². The lowest BCUT2D eigenvalue weighted by molar-refractivity contribution is 0.309. The number of hydrogen-bond acceptors (Lipinski definition) is 3. The fourth-order valence-electron chi connectivity index (χ4n) is 1.53. The second-order valence-electron chi connectivity index (χ2n) is 3.70. The first kappa shape index (κ1) is 12.6. The normalized spacial score (nSPS) is 10.5. The maximum absolute atomic E-state index is 5.75. The minimum atomic E-state index is 0.624. The third-order valence-corrected chi connectivity index (χ3v) is 3.95. The van der Waals surface area contributed by atoms with Gasteiger partial charge in [-0.2, -0.15) is 0 Å². The van der Waals surface area contributed by atoms with Crippen LogP contribution in [0.4, 0.5) is 0 Å². The molecule has 0 fully saturated rings. The fourth-order valence-corrected chi connectivity index (χ4v) is 2.90. The van der Waals surface area contributed by atoms with E-state index in [-0.39, 0.29) is 0 Å². The molecule has 0 amide bonds. The predicted octanol–water partition coefficient (Wildman–Crippen LogP) is 3.81. The van der Waals surface area contributed by atoms with Crippen LogP contribution in [-0.2, 0) is 13.2 Å². The molecule has 90 valence electrons. The summed E-state index contributed by atoms with van der Waals surface area (Å²) >= 11 is 5.14. The molecule has 1 heterocycles. The van der Waals surface area contributed by atoms with Crippen LogP contribution in [0.5, 0.6) is 5.75 Å². The van der Waals surface area contributed by atoms with E-state index >= 15 is 0 Å². The summed E-state index contributed by atoms with van der Waals surface area (Å²) < 4.78 is 6.87. The van der Waals surface area contributed by atoms with E-state index in [0.717, 1.165) is 16.8 Å². The van der Waals surface area contributed by atoms with Gasteiger partial charge in [0, 0.05) is 21.3 Å². The van der Waals surface area contributed by atoms with Gasteiger partial charge in [-0.15, -0.1) is 11.3 Å². The van der Waals surface area contributed by atoms with E-state index in [2.05, 4.69) is 44.8 Å². The van der Waals surface area contributed by atoms with Crippen molar-refractivity contribution in [2.24, 2.45) is 0 Å². The highest BCUT2D eigenvalue weighted by atomic mass is 79.9. The van der Waals surface area contributed by atoms with Gasteiger partial charge >= 0.3 is 0 Å². The molecule has 1 aromatic heterocycles. The Morgan fingerprint density at radius 2 is 2.24 bits per heavy atom. The third kappa shape index (κ3) is 3.84. The van der Waals surface area contributed by atoms with Crippen LogP contribution >= 0.6 is 27.3 Å². The Morgan fingerprint density at radius 1 is 1.35 bits per heavy atom. The monoisotopic (exact) mass is 311 g/mol. The molecule has 0 saturated heterocycles. The van der Waals surface area contributed by atoms with E-state index in [9.17, 15) is 0 Å². The molecular weight excluding hydrogens is 298 g/mol. The molecule has 0 aliphatic carbocycles. The largest absolute Gasteiger partial charge is 0.488 e. The second kappa shape index (κ2) is 6.19. The summed E-state index contributed by atoms with van der Waals surface area (Å²) in [5.41, 5.74) is 1.23. The average Bonchev–Trinajstić information content (AvgIpc) is 2.74. The van der Waals surface area contributed by atoms with Crippen molar-refractivity contribution in [2.45, 2.75) is 13.2 Å². The molecule has 4 heteroatoms. The first-order valence-electron chi connectivity index (χ1n) is 5.37. The van der Waals surface area contributed by atoms with Crippen molar-refractivity contribution in [3.8, 4) is 5.75 Å². The van der Waals surface area contributed by atoms with Crippen molar-refractivity contribution in [3.05, 3.63) is 50.6 Å². The van der Waals surface area contributed by atoms with Gasteiger partial charge in [0.1, 0.15) is 12.4 Å². The zero-order valence-corrected chi connectivity index (χ0v) is 12.0. The van der Waals surface area contributed by atoms with Gasteiger partial charge in [0.15, 0.2) is 0 Å². The molecule has 2 rings (SSSR count). The number of benzene rings is 1. The zero-order chi connectivity index (χ0) is 12.1. The Balaban J connectivity index is 1.96. The lowest BCUT2D eigenvalue weighted by Gasteiger charge is -2.06. The highest BCUT2D eigenvalue weighted by Gasteiger charge is 2.00. The van der Waals surface area contributed by atoms with Crippen molar-refractivity contribution in [2.75, 3.05) is 7.05 Å². The highest BCUT2D eigenvalue weighted by Crippen LogP contribution is 2.22. The first-order chi connectivity index (χ1) is 8.28. The van der Waals surface area contributed by atoms with Crippen molar-refractivity contribution in [3.63, 3.8) is 0 Å². The van der Waals surface area contributed by atoms with Crippen LogP contribution in [0.15, 0.2) is 40.2 Å². The SMILES string of the molecule is CNCc1cccc(OCc2cc(Br)cs2)c1. The molecule has 0 aliphatic heterocycles. The van der Waals surface area contributed by atoms with Crippen molar-refractivity contribution < 1.29 is 4.74 Å². The van der Waals surface area contributed by atoms with Gasteiger partial charge in [-0.3, -0.25) is 0 Å². The van der Waals surface area contributed by atoms with Crippen molar-refractivity contribution in [1.29, 1.82) is 0 Å². The molecule has 0 aliphatic rings. The van der Waals surface area contributed by atoms with E-state index in [1.54, 1.807) is 11.3 Å². The average molecular weight is 312 g/mol. The fraction of sp³-hybridized carbons (Fsp3) is 0.231. The van der Waals surface area contributed by atoms with Crippen LogP contribution in [0.3, 0.4) is 0 Å². The smallest absolute Gasteiger partial charge is 0.122 e. The van der Waals surface area contributed by atoms with Crippen LogP contribution in [0, 0.1) is 0 Å². The van der Waals surface area contributed by atoms with Crippen LogP contribution in [0.2, 0.25) is 0 Å². The van der Waals surface area contributed by atoms with Gasteiger partial charge in [-0.05, 0) is 46.7 Å². The van der Waals surface area contributed by atoms with Crippen LogP contribution in [0.25, 0.3) is 0 Å². The molecule has 0 bridgehead atoms. The Hall–Kier alpha value is -0.840. The molecule has 0 radical (unpaired) electrons. The summed E-state index contributed by atoms with van der Waals surface area (Å²) in [6.07, 6.45) is 0. The minimum Gasteiger partial charge on any atom is -0.488 e. The number of hydrogen-bond donors (Lipinski definition) is 1. The second-order valence-corrected chi connectivity index (χ2v) is 5.61. The first-order valence-corrected chi connectivity index (χ1v) is 7.04. The number of nitrogens with one attached hydrogen (secondary N) is 1. The lowest BCUT2D eigenvalue weighted by Crippen LogP contribution is -2.05. The molecule has 1 aromatic carbocycles. The van der Waals surface area contributed by atoms with Gasteiger partial charge < -0.3 is 10.1 Å².